The topological polar surface area (TPSA) is 19.0 Å². The number of hydrogen-bond acceptors (Lipinski definition) is 2. The molecule has 3 rings (SSSR count). The molecule has 108 valence electrons. The summed E-state index contributed by atoms with van der Waals surface area (Å²) in [5.41, 5.74) is 3.87. The Morgan fingerprint density at radius 1 is 1.05 bits per heavy atom. The van der Waals surface area contributed by atoms with Crippen LogP contribution in [-0.4, -0.2) is 24.0 Å². The second kappa shape index (κ2) is 5.96. The van der Waals surface area contributed by atoms with E-state index in [0.717, 1.165) is 6.54 Å². The number of aryl methyl sites for hydroxylation is 1. The molecule has 1 heterocycles. The van der Waals surface area contributed by atoms with Crippen molar-refractivity contribution < 1.29 is 0 Å². The van der Waals surface area contributed by atoms with E-state index >= 15 is 0 Å². The van der Waals surface area contributed by atoms with E-state index in [4.69, 9.17) is 0 Å². The Bertz CT molecular complexity index is 759. The number of nitrogens with zero attached hydrogens (tertiary/aromatic N) is 1. The van der Waals surface area contributed by atoms with Crippen molar-refractivity contribution in [2.75, 3.05) is 14.1 Å². The summed E-state index contributed by atoms with van der Waals surface area (Å²) in [5.74, 6) is 0. The van der Waals surface area contributed by atoms with Gasteiger partial charge in [0.2, 0.25) is 0 Å². The number of aromatic amines is 1. The highest BCUT2D eigenvalue weighted by atomic mass is 32.2. The molecule has 0 aliphatic carbocycles. The quantitative estimate of drug-likeness (QED) is 0.753. The van der Waals surface area contributed by atoms with Gasteiger partial charge in [0, 0.05) is 33.4 Å². The van der Waals surface area contributed by atoms with Crippen molar-refractivity contribution in [1.29, 1.82) is 0 Å². The summed E-state index contributed by atoms with van der Waals surface area (Å²) in [6.45, 7) is 3.09. The van der Waals surface area contributed by atoms with Gasteiger partial charge in [0.1, 0.15) is 0 Å². The maximum absolute atomic E-state index is 3.38. The van der Waals surface area contributed by atoms with Crippen LogP contribution in [0.2, 0.25) is 0 Å². The molecule has 2 aromatic carbocycles. The fourth-order valence-corrected chi connectivity index (χ4v) is 3.54. The van der Waals surface area contributed by atoms with Crippen LogP contribution in [0.4, 0.5) is 0 Å². The normalized spacial score (nSPS) is 11.4. The zero-order valence-corrected chi connectivity index (χ0v) is 13.5. The average Bonchev–Trinajstić information content (AvgIpc) is 2.83. The molecule has 0 aliphatic heterocycles. The summed E-state index contributed by atoms with van der Waals surface area (Å²) in [6, 6.07) is 15.2. The van der Waals surface area contributed by atoms with E-state index in [1.807, 2.05) is 11.8 Å². The molecule has 3 heteroatoms. The Kier molecular flexibility index (Phi) is 4.04. The van der Waals surface area contributed by atoms with Crippen LogP contribution in [0.5, 0.6) is 0 Å². The van der Waals surface area contributed by atoms with Gasteiger partial charge in [-0.25, -0.2) is 0 Å². The molecule has 0 spiro atoms. The van der Waals surface area contributed by atoms with Crippen LogP contribution < -0.4 is 0 Å². The zero-order valence-electron chi connectivity index (χ0n) is 12.7. The van der Waals surface area contributed by atoms with E-state index in [-0.39, 0.29) is 0 Å². The lowest BCUT2D eigenvalue weighted by molar-refractivity contribution is 0.399. The molecule has 0 bridgehead atoms. The molecule has 0 aliphatic rings. The maximum Gasteiger partial charge on any atom is 0.0468 e. The Morgan fingerprint density at radius 3 is 2.67 bits per heavy atom. The molecular weight excluding hydrogens is 276 g/mol. The number of benzene rings is 2. The highest BCUT2D eigenvalue weighted by Crippen LogP contribution is 2.35. The van der Waals surface area contributed by atoms with Crippen LogP contribution >= 0.6 is 11.8 Å². The molecule has 1 aromatic heterocycles. The molecule has 0 amide bonds. The van der Waals surface area contributed by atoms with Crippen molar-refractivity contribution >= 4 is 22.7 Å². The van der Waals surface area contributed by atoms with E-state index in [9.17, 15) is 0 Å². The molecule has 2 nitrogen and oxygen atoms in total. The number of aromatic nitrogens is 1. The van der Waals surface area contributed by atoms with Crippen LogP contribution in [0.3, 0.4) is 0 Å². The number of fused-ring (bicyclic) bond motifs is 1. The van der Waals surface area contributed by atoms with E-state index in [1.54, 1.807) is 0 Å². The number of H-pyrrole nitrogens is 1. The third-order valence-electron chi connectivity index (χ3n) is 3.48. The predicted octanol–water partition coefficient (Wildman–Crippen LogP) is 4.69. The van der Waals surface area contributed by atoms with Gasteiger partial charge in [0.05, 0.1) is 0 Å². The second-order valence-corrected chi connectivity index (χ2v) is 6.73. The summed E-state index contributed by atoms with van der Waals surface area (Å²) in [5, 5.41) is 1.30. The number of hydrogen-bond donors (Lipinski definition) is 1. The lowest BCUT2D eigenvalue weighted by Gasteiger charge is -2.13. The molecular formula is C18H20N2S. The van der Waals surface area contributed by atoms with Crippen molar-refractivity contribution in [3.63, 3.8) is 0 Å². The SMILES string of the molecule is Cc1ccc2c(Sc3ccccc3CN(C)C)c[nH]c2c1. The van der Waals surface area contributed by atoms with Gasteiger partial charge in [0.25, 0.3) is 0 Å². The Hall–Kier alpha value is -1.71. The summed E-state index contributed by atoms with van der Waals surface area (Å²) < 4.78 is 0. The van der Waals surface area contributed by atoms with Gasteiger partial charge in [-0.2, -0.15) is 0 Å². The Labute approximate surface area is 130 Å². The maximum atomic E-state index is 3.38. The van der Waals surface area contributed by atoms with Crippen LogP contribution in [0, 0.1) is 6.92 Å². The standard InChI is InChI=1S/C18H20N2S/c1-13-8-9-15-16(10-13)19-11-18(15)21-17-7-5-4-6-14(17)12-20(2)3/h4-11,19H,12H2,1-3H3. The third-order valence-corrected chi connectivity index (χ3v) is 4.65. The van der Waals surface area contributed by atoms with Gasteiger partial charge in [-0.1, -0.05) is 42.1 Å². The van der Waals surface area contributed by atoms with Crippen LogP contribution in [0.15, 0.2) is 58.5 Å². The predicted molar refractivity (Wildman–Crippen MR) is 91.0 cm³/mol. The molecule has 0 atom stereocenters. The van der Waals surface area contributed by atoms with Crippen LogP contribution in [-0.2, 0) is 6.54 Å². The van der Waals surface area contributed by atoms with E-state index in [2.05, 4.69) is 79.6 Å². The first kappa shape index (κ1) is 14.2. The molecule has 3 aromatic rings. The Morgan fingerprint density at radius 2 is 1.86 bits per heavy atom. The molecule has 21 heavy (non-hydrogen) atoms. The van der Waals surface area contributed by atoms with E-state index < -0.39 is 0 Å². The average molecular weight is 296 g/mol. The fraction of sp³-hybridized carbons (Fsp3) is 0.222. The van der Waals surface area contributed by atoms with E-state index in [0.29, 0.717) is 0 Å². The van der Waals surface area contributed by atoms with Gasteiger partial charge in [-0.3, -0.25) is 0 Å². The smallest absolute Gasteiger partial charge is 0.0468 e. The molecule has 0 radical (unpaired) electrons. The van der Waals surface area contributed by atoms with Crippen molar-refractivity contribution in [3.05, 3.63) is 59.8 Å². The largest absolute Gasteiger partial charge is 0.360 e. The number of rotatable bonds is 4. The lowest BCUT2D eigenvalue weighted by Crippen LogP contribution is -2.11. The van der Waals surface area contributed by atoms with Crippen LogP contribution in [0.1, 0.15) is 11.1 Å². The molecule has 0 saturated carbocycles. The van der Waals surface area contributed by atoms with Crippen LogP contribution in [0.25, 0.3) is 10.9 Å². The first-order chi connectivity index (χ1) is 10.1. The van der Waals surface area contributed by atoms with Gasteiger partial charge in [-0.05, 0) is 44.3 Å². The highest BCUT2D eigenvalue weighted by molar-refractivity contribution is 7.99. The van der Waals surface area contributed by atoms with Gasteiger partial charge >= 0.3 is 0 Å². The lowest BCUT2D eigenvalue weighted by atomic mass is 10.2. The fourth-order valence-electron chi connectivity index (χ4n) is 2.49. The van der Waals surface area contributed by atoms with Crippen molar-refractivity contribution in [3.8, 4) is 0 Å². The second-order valence-electron chi connectivity index (χ2n) is 5.65. The van der Waals surface area contributed by atoms with Crippen molar-refractivity contribution in [2.45, 2.75) is 23.3 Å². The summed E-state index contributed by atoms with van der Waals surface area (Å²) >= 11 is 1.84. The molecule has 1 N–H and O–H groups in total. The molecule has 0 fully saturated rings. The minimum Gasteiger partial charge on any atom is -0.360 e. The van der Waals surface area contributed by atoms with Crippen molar-refractivity contribution in [2.24, 2.45) is 0 Å². The summed E-state index contributed by atoms with van der Waals surface area (Å²) in [7, 11) is 4.21. The summed E-state index contributed by atoms with van der Waals surface area (Å²) in [4.78, 5) is 8.20. The highest BCUT2D eigenvalue weighted by Gasteiger charge is 2.09. The van der Waals surface area contributed by atoms with Gasteiger partial charge in [0.15, 0.2) is 0 Å². The zero-order chi connectivity index (χ0) is 14.8. The van der Waals surface area contributed by atoms with Crippen molar-refractivity contribution in [1.82, 2.24) is 9.88 Å². The molecule has 0 unspecified atom stereocenters. The minimum atomic E-state index is 0.963. The Balaban J connectivity index is 1.95. The van der Waals surface area contributed by atoms with Gasteiger partial charge in [-0.15, -0.1) is 0 Å². The monoisotopic (exact) mass is 296 g/mol. The molecule has 0 saturated heterocycles. The first-order valence-corrected chi connectivity index (χ1v) is 7.93. The van der Waals surface area contributed by atoms with Gasteiger partial charge < -0.3 is 9.88 Å². The first-order valence-electron chi connectivity index (χ1n) is 7.12. The number of nitrogens with one attached hydrogen (secondary N) is 1. The van der Waals surface area contributed by atoms with E-state index in [1.165, 1.54) is 31.8 Å². The third kappa shape index (κ3) is 3.14. The summed E-state index contributed by atoms with van der Waals surface area (Å²) in [6.07, 6.45) is 2.11. The minimum absolute atomic E-state index is 0.963.